The van der Waals surface area contributed by atoms with Crippen LogP contribution in [-0.4, -0.2) is 24.0 Å². The van der Waals surface area contributed by atoms with Gasteiger partial charge in [0.15, 0.2) is 17.3 Å². The molecule has 1 aliphatic heterocycles. The lowest BCUT2D eigenvalue weighted by atomic mass is 10.0. The summed E-state index contributed by atoms with van der Waals surface area (Å²) in [7, 11) is 0. The van der Waals surface area contributed by atoms with Gasteiger partial charge >= 0.3 is 0 Å². The largest absolute Gasteiger partial charge is 0.486 e. The van der Waals surface area contributed by atoms with Crippen LogP contribution in [0.1, 0.15) is 15.9 Å². The zero-order valence-electron chi connectivity index (χ0n) is 10.6. The number of ketones is 1. The van der Waals surface area contributed by atoms with Crippen molar-refractivity contribution in [2.24, 2.45) is 0 Å². The molecule has 0 fully saturated rings. The highest BCUT2D eigenvalue weighted by Crippen LogP contribution is 2.31. The van der Waals surface area contributed by atoms with Crippen molar-refractivity contribution in [1.82, 2.24) is 4.98 Å². The lowest BCUT2D eigenvalue weighted by molar-refractivity contribution is 0.0991. The molecule has 4 nitrogen and oxygen atoms in total. The third kappa shape index (κ3) is 2.82. The second kappa shape index (κ2) is 5.63. The predicted octanol–water partition coefficient (Wildman–Crippen LogP) is 3.04. The molecule has 1 aliphatic rings. The van der Waals surface area contributed by atoms with E-state index in [2.05, 4.69) is 20.9 Å². The fourth-order valence-electron chi connectivity index (χ4n) is 2.06. The lowest BCUT2D eigenvalue weighted by Gasteiger charge is -2.18. The van der Waals surface area contributed by atoms with Crippen LogP contribution in [-0.2, 0) is 6.42 Å². The average Bonchev–Trinajstić information content (AvgIpc) is 2.47. The Hall–Kier alpha value is -1.88. The molecular weight excluding hydrogens is 322 g/mol. The minimum absolute atomic E-state index is 0.0295. The number of fused-ring (bicyclic) bond motifs is 1. The number of hydrogen-bond acceptors (Lipinski definition) is 4. The number of pyridine rings is 1. The minimum atomic E-state index is 0.0295. The molecule has 1 aromatic heterocycles. The predicted molar refractivity (Wildman–Crippen MR) is 77.4 cm³/mol. The van der Waals surface area contributed by atoms with E-state index in [0.717, 1.165) is 10.0 Å². The smallest absolute Gasteiger partial charge is 0.167 e. The van der Waals surface area contributed by atoms with E-state index in [4.69, 9.17) is 9.47 Å². The van der Waals surface area contributed by atoms with Gasteiger partial charge in [0.1, 0.15) is 13.2 Å². The quantitative estimate of drug-likeness (QED) is 0.810. The number of carbonyl (C=O) groups is 1. The van der Waals surface area contributed by atoms with E-state index in [1.165, 1.54) is 0 Å². The van der Waals surface area contributed by atoms with Gasteiger partial charge in [-0.2, -0.15) is 0 Å². The molecule has 0 spiro atoms. The molecule has 102 valence electrons. The van der Waals surface area contributed by atoms with Crippen LogP contribution in [0.25, 0.3) is 0 Å². The topological polar surface area (TPSA) is 48.4 Å². The Labute approximate surface area is 124 Å². The number of aromatic nitrogens is 1. The highest BCUT2D eigenvalue weighted by atomic mass is 79.9. The Morgan fingerprint density at radius 2 is 1.95 bits per heavy atom. The van der Waals surface area contributed by atoms with E-state index < -0.39 is 0 Å². The van der Waals surface area contributed by atoms with Crippen LogP contribution in [0, 0.1) is 0 Å². The third-order valence-corrected chi connectivity index (χ3v) is 3.42. The van der Waals surface area contributed by atoms with E-state index in [1.807, 2.05) is 6.07 Å². The Balaban J connectivity index is 1.80. The van der Waals surface area contributed by atoms with E-state index in [0.29, 0.717) is 36.7 Å². The summed E-state index contributed by atoms with van der Waals surface area (Å²) in [5.74, 6) is 1.35. The number of ether oxygens (including phenoxy) is 2. The van der Waals surface area contributed by atoms with Crippen molar-refractivity contribution in [3.8, 4) is 11.5 Å². The van der Waals surface area contributed by atoms with Gasteiger partial charge < -0.3 is 9.47 Å². The van der Waals surface area contributed by atoms with E-state index in [9.17, 15) is 4.79 Å². The van der Waals surface area contributed by atoms with Gasteiger partial charge in [0.05, 0.1) is 0 Å². The lowest BCUT2D eigenvalue weighted by Crippen LogP contribution is -2.16. The van der Waals surface area contributed by atoms with Crippen LogP contribution in [0.4, 0.5) is 0 Å². The number of hydrogen-bond donors (Lipinski definition) is 0. The zero-order valence-corrected chi connectivity index (χ0v) is 12.2. The van der Waals surface area contributed by atoms with Crippen molar-refractivity contribution in [3.63, 3.8) is 0 Å². The van der Waals surface area contributed by atoms with Crippen LogP contribution in [0.5, 0.6) is 11.5 Å². The van der Waals surface area contributed by atoms with Crippen LogP contribution in [0.15, 0.2) is 41.1 Å². The van der Waals surface area contributed by atoms with Gasteiger partial charge in [0.2, 0.25) is 0 Å². The molecule has 0 bridgehead atoms. The highest BCUT2D eigenvalue weighted by Gasteiger charge is 2.15. The maximum Gasteiger partial charge on any atom is 0.167 e. The average molecular weight is 334 g/mol. The Morgan fingerprint density at radius 3 is 2.75 bits per heavy atom. The summed E-state index contributed by atoms with van der Waals surface area (Å²) in [4.78, 5) is 16.3. The van der Waals surface area contributed by atoms with Gasteiger partial charge in [-0.25, -0.2) is 0 Å². The maximum absolute atomic E-state index is 12.3. The van der Waals surface area contributed by atoms with Crippen molar-refractivity contribution in [2.45, 2.75) is 6.42 Å². The summed E-state index contributed by atoms with van der Waals surface area (Å²) < 4.78 is 11.8. The van der Waals surface area contributed by atoms with Crippen molar-refractivity contribution in [3.05, 3.63) is 52.3 Å². The van der Waals surface area contributed by atoms with E-state index in [1.54, 1.807) is 30.6 Å². The van der Waals surface area contributed by atoms with Crippen molar-refractivity contribution in [1.29, 1.82) is 0 Å². The molecule has 0 unspecified atom stereocenters. The first-order valence-corrected chi connectivity index (χ1v) is 7.04. The molecule has 3 rings (SSSR count). The minimum Gasteiger partial charge on any atom is -0.486 e. The van der Waals surface area contributed by atoms with Crippen molar-refractivity contribution < 1.29 is 14.3 Å². The molecule has 20 heavy (non-hydrogen) atoms. The zero-order chi connectivity index (χ0) is 13.9. The second-order valence-electron chi connectivity index (χ2n) is 4.47. The maximum atomic E-state index is 12.3. The Morgan fingerprint density at radius 1 is 1.15 bits per heavy atom. The molecule has 0 N–H and O–H groups in total. The summed E-state index contributed by atoms with van der Waals surface area (Å²) in [6.07, 6.45) is 3.70. The van der Waals surface area contributed by atoms with Crippen molar-refractivity contribution >= 4 is 21.7 Å². The van der Waals surface area contributed by atoms with E-state index in [-0.39, 0.29) is 5.78 Å². The van der Waals surface area contributed by atoms with Gasteiger partial charge in [-0.15, -0.1) is 0 Å². The fourth-order valence-corrected chi connectivity index (χ4v) is 2.47. The fraction of sp³-hybridized carbons (Fsp3) is 0.200. The van der Waals surface area contributed by atoms with Crippen LogP contribution in [0.2, 0.25) is 0 Å². The van der Waals surface area contributed by atoms with Crippen LogP contribution < -0.4 is 9.47 Å². The highest BCUT2D eigenvalue weighted by molar-refractivity contribution is 9.10. The molecule has 1 aromatic carbocycles. The molecule has 0 atom stereocenters. The number of halogens is 1. The summed E-state index contributed by atoms with van der Waals surface area (Å²) in [6, 6.07) is 7.17. The molecule has 0 aliphatic carbocycles. The van der Waals surface area contributed by atoms with Crippen LogP contribution >= 0.6 is 15.9 Å². The van der Waals surface area contributed by atoms with Gasteiger partial charge in [0.25, 0.3) is 0 Å². The molecule has 0 radical (unpaired) electrons. The Kier molecular flexibility index (Phi) is 3.69. The number of carbonyl (C=O) groups excluding carboxylic acids is 1. The molecule has 0 saturated carbocycles. The number of rotatable bonds is 3. The summed E-state index contributed by atoms with van der Waals surface area (Å²) in [5, 5.41) is 0. The van der Waals surface area contributed by atoms with Gasteiger partial charge in [-0.1, -0.05) is 0 Å². The van der Waals surface area contributed by atoms with Crippen molar-refractivity contribution in [2.75, 3.05) is 13.2 Å². The SMILES string of the molecule is O=C(Cc1cncc(Br)c1)c1ccc2c(c1)OCCO2. The molecule has 0 amide bonds. The van der Waals surface area contributed by atoms with Gasteiger partial charge in [0, 0.05) is 28.9 Å². The summed E-state index contributed by atoms with van der Waals surface area (Å²) >= 11 is 3.35. The normalized spacial score (nSPS) is 13.1. The number of Topliss-reactive ketones (excluding diaryl/α,β-unsaturated/α-hetero) is 1. The molecule has 0 saturated heterocycles. The molecule has 2 heterocycles. The standard InChI is InChI=1S/C15H12BrNO3/c16-12-5-10(8-17-9-12)6-13(18)11-1-2-14-15(7-11)20-4-3-19-14/h1-2,5,7-9H,3-4,6H2. The molecule has 5 heteroatoms. The van der Waals surface area contributed by atoms with Crippen LogP contribution in [0.3, 0.4) is 0 Å². The number of nitrogens with zero attached hydrogens (tertiary/aromatic N) is 1. The first kappa shape index (κ1) is 13.1. The monoisotopic (exact) mass is 333 g/mol. The first-order chi connectivity index (χ1) is 9.72. The molecular formula is C15H12BrNO3. The van der Waals surface area contributed by atoms with E-state index >= 15 is 0 Å². The molecule has 2 aromatic rings. The van der Waals surface area contributed by atoms with Gasteiger partial charge in [-0.3, -0.25) is 9.78 Å². The number of benzene rings is 1. The Bertz CT molecular complexity index is 657. The van der Waals surface area contributed by atoms with Gasteiger partial charge in [-0.05, 0) is 45.8 Å². The third-order valence-electron chi connectivity index (χ3n) is 2.99. The first-order valence-electron chi connectivity index (χ1n) is 6.24. The summed E-state index contributed by atoms with van der Waals surface area (Å²) in [6.45, 7) is 1.06. The second-order valence-corrected chi connectivity index (χ2v) is 5.39. The summed E-state index contributed by atoms with van der Waals surface area (Å²) in [5.41, 5.74) is 1.49.